The molecule has 0 radical (unpaired) electrons. The molecule has 0 saturated carbocycles. The zero-order chi connectivity index (χ0) is 24.2. The zero-order valence-corrected chi connectivity index (χ0v) is 21.0. The van der Waals surface area contributed by atoms with Gasteiger partial charge in [0, 0.05) is 30.1 Å². The summed E-state index contributed by atoms with van der Waals surface area (Å²) >= 11 is 11.4. The maximum Gasteiger partial charge on any atom is 0.266 e. The summed E-state index contributed by atoms with van der Waals surface area (Å²) in [4.78, 5) is 5.62. The summed E-state index contributed by atoms with van der Waals surface area (Å²) in [6, 6.07) is 14.9. The van der Waals surface area contributed by atoms with Gasteiger partial charge in [-0.1, -0.05) is 47.5 Å². The maximum atomic E-state index is 6.51. The second-order valence-electron chi connectivity index (χ2n) is 5.65. The highest BCUT2D eigenvalue weighted by Crippen LogP contribution is 2.10. The van der Waals surface area contributed by atoms with Crippen molar-refractivity contribution >= 4 is 47.1 Å². The normalized spacial score (nSPS) is 10.2. The molecule has 0 spiro atoms. The van der Waals surface area contributed by atoms with Crippen LogP contribution in [0.25, 0.3) is 22.1 Å². The van der Waals surface area contributed by atoms with E-state index in [0.29, 0.717) is 16.8 Å². The summed E-state index contributed by atoms with van der Waals surface area (Å²) in [5.74, 6) is 0.963. The average Bonchev–Trinajstić information content (AvgIpc) is 2.78. The summed E-state index contributed by atoms with van der Waals surface area (Å²) in [6.07, 6.45) is 6.92. The Bertz CT molecular complexity index is 1000. The van der Waals surface area contributed by atoms with Crippen molar-refractivity contribution in [2.24, 2.45) is 15.9 Å². The van der Waals surface area contributed by atoms with Crippen molar-refractivity contribution in [1.29, 1.82) is 0 Å². The molecule has 0 aliphatic heterocycles. The Hall–Kier alpha value is -3.82. The molecule has 0 aliphatic rings. The third kappa shape index (κ3) is 18.9. The molecule has 0 fully saturated rings. The Morgan fingerprint density at radius 3 is 1.71 bits per heavy atom. The number of rotatable bonds is 3. The third-order valence-corrected chi connectivity index (χ3v) is 3.79. The first-order valence-corrected chi connectivity index (χ1v) is 9.80. The van der Waals surface area contributed by atoms with E-state index < -0.39 is 0 Å². The Labute approximate surface area is 212 Å². The van der Waals surface area contributed by atoms with Crippen LogP contribution in [-0.2, 0) is 4.74 Å². The van der Waals surface area contributed by atoms with Gasteiger partial charge in [0.25, 0.3) is 5.90 Å². The lowest BCUT2D eigenvalue weighted by Crippen LogP contribution is -2.11. The van der Waals surface area contributed by atoms with Gasteiger partial charge >= 0.3 is 0 Å². The molecule has 2 aromatic carbocycles. The van der Waals surface area contributed by atoms with E-state index in [1.54, 1.807) is 20.0 Å². The summed E-state index contributed by atoms with van der Waals surface area (Å²) in [7, 11) is 1.48. The molecule has 0 bridgehead atoms. The maximum absolute atomic E-state index is 6.51. The molecule has 0 saturated heterocycles. The van der Waals surface area contributed by atoms with Crippen molar-refractivity contribution in [3.63, 3.8) is 0 Å². The summed E-state index contributed by atoms with van der Waals surface area (Å²) in [5, 5.41) is 11.1. The molecular formula is C24H29Cl2N6O2-. The number of hydrogen-bond acceptors (Lipinski definition) is 4. The molecule has 34 heavy (non-hydrogen) atoms. The van der Waals surface area contributed by atoms with Gasteiger partial charge in [0.05, 0.1) is 7.11 Å². The van der Waals surface area contributed by atoms with Crippen molar-refractivity contribution < 1.29 is 10.2 Å². The molecule has 10 heteroatoms. The molecular weight excluding hydrogens is 475 g/mol. The first-order valence-electron chi connectivity index (χ1n) is 9.04. The van der Waals surface area contributed by atoms with Crippen LogP contribution in [0.5, 0.6) is 0 Å². The van der Waals surface area contributed by atoms with E-state index in [1.165, 1.54) is 13.3 Å². The molecule has 5 N–H and O–H groups in total. The summed E-state index contributed by atoms with van der Waals surface area (Å²) in [6.45, 7) is 16.1. The average molecular weight is 504 g/mol. The minimum absolute atomic E-state index is 0. The molecule has 0 unspecified atom stereocenters. The lowest BCUT2D eigenvalue weighted by atomic mass is 10.2. The highest BCUT2D eigenvalue weighted by Gasteiger charge is 1.89. The number of ether oxygens (including phenoxy) is 1. The molecule has 2 aromatic rings. The van der Waals surface area contributed by atoms with E-state index in [0.717, 1.165) is 16.1 Å². The molecule has 182 valence electrons. The number of methoxy groups -OCH3 is 1. The largest absolute Gasteiger partial charge is 0.480 e. The standard InChI is InChI=1S/C11H10ClN3.C8H8ClN.C4H6N2O.CH3.H2O/c1-9(15-13-2)14-8-7-10-3-5-11(12)6-4-10;9-8-3-1-7(2-4-8)5-6-10;1-4(7-3)6-5-2;;/h3-8H,1H3,(H,14,15);1-6H,10H2;1,3H3;1H3;1H2/q;;;-1;/b8-7+;6-5+;;;. The SMILES string of the molecule is N/C=C/c1ccc(Cl)cc1.O.[C-]#[N+]N=C(C)N/C=C/c1ccc(Cl)cc1.[C-]#[N+]N=C(C)OC.[CH3-]. The molecule has 2 rings (SSSR count). The van der Waals surface area contributed by atoms with E-state index in [2.05, 4.69) is 30.2 Å². The lowest BCUT2D eigenvalue weighted by Gasteiger charge is -1.94. The van der Waals surface area contributed by atoms with Crippen molar-refractivity contribution in [3.05, 3.63) is 113 Å². The number of halogens is 2. The van der Waals surface area contributed by atoms with Crippen LogP contribution < -0.4 is 11.1 Å². The van der Waals surface area contributed by atoms with Gasteiger partial charge in [0.15, 0.2) is 5.84 Å². The Kier molecular flexibility index (Phi) is 22.9. The predicted octanol–water partition coefficient (Wildman–Crippen LogP) is 5.93. The first-order chi connectivity index (χ1) is 15.4. The quantitative estimate of drug-likeness (QED) is 0.234. The third-order valence-electron chi connectivity index (χ3n) is 3.28. The van der Waals surface area contributed by atoms with Gasteiger partial charge in [0.2, 0.25) is 0 Å². The monoisotopic (exact) mass is 503 g/mol. The smallest absolute Gasteiger partial charge is 0.266 e. The van der Waals surface area contributed by atoms with E-state index in [9.17, 15) is 0 Å². The molecule has 0 aliphatic carbocycles. The number of benzene rings is 2. The van der Waals surface area contributed by atoms with Crippen LogP contribution in [0.2, 0.25) is 10.0 Å². The Morgan fingerprint density at radius 1 is 0.912 bits per heavy atom. The van der Waals surface area contributed by atoms with Crippen LogP contribution in [0.1, 0.15) is 25.0 Å². The fourth-order valence-corrected chi connectivity index (χ4v) is 1.98. The highest BCUT2D eigenvalue weighted by atomic mass is 35.5. The van der Waals surface area contributed by atoms with Crippen LogP contribution >= 0.6 is 23.2 Å². The predicted molar refractivity (Wildman–Crippen MR) is 145 cm³/mol. The van der Waals surface area contributed by atoms with Gasteiger partial charge in [-0.3, -0.25) is 0 Å². The second kappa shape index (κ2) is 22.4. The van der Waals surface area contributed by atoms with Crippen LogP contribution in [0.3, 0.4) is 0 Å². The van der Waals surface area contributed by atoms with Gasteiger partial charge in [-0.25, -0.2) is 0 Å². The highest BCUT2D eigenvalue weighted by molar-refractivity contribution is 6.30. The number of nitrogens with one attached hydrogen (secondary N) is 1. The van der Waals surface area contributed by atoms with E-state index in [-0.39, 0.29) is 12.9 Å². The first kappa shape index (κ1) is 34.8. The van der Waals surface area contributed by atoms with E-state index >= 15 is 0 Å². The van der Waals surface area contributed by atoms with Crippen molar-refractivity contribution in [2.75, 3.05) is 7.11 Å². The lowest BCUT2D eigenvalue weighted by molar-refractivity contribution is 0.400. The van der Waals surface area contributed by atoms with Crippen LogP contribution in [0.4, 0.5) is 0 Å². The van der Waals surface area contributed by atoms with Gasteiger partial charge in [-0.2, -0.15) is 13.1 Å². The van der Waals surface area contributed by atoms with Crippen molar-refractivity contribution in [3.8, 4) is 0 Å². The van der Waals surface area contributed by atoms with Gasteiger partial charge in [0.1, 0.15) is 10.2 Å². The second-order valence-corrected chi connectivity index (χ2v) is 6.52. The minimum atomic E-state index is 0. The van der Waals surface area contributed by atoms with Crippen molar-refractivity contribution in [2.45, 2.75) is 13.8 Å². The molecule has 0 aromatic heterocycles. The Balaban J connectivity index is -0.000000443. The minimum Gasteiger partial charge on any atom is -0.480 e. The van der Waals surface area contributed by atoms with Crippen LogP contribution in [0, 0.1) is 20.6 Å². The topological polar surface area (TPSA) is 112 Å². The summed E-state index contributed by atoms with van der Waals surface area (Å²) in [5.41, 5.74) is 7.28. The number of amidine groups is 1. The van der Waals surface area contributed by atoms with Gasteiger partial charge in [-0.05, 0) is 53.7 Å². The van der Waals surface area contributed by atoms with Crippen LogP contribution in [-0.4, -0.2) is 24.3 Å². The number of nitrogens with zero attached hydrogens (tertiary/aromatic N) is 4. The molecule has 8 nitrogen and oxygen atoms in total. The molecule has 0 atom stereocenters. The molecule has 0 amide bonds. The van der Waals surface area contributed by atoms with E-state index in [4.69, 9.17) is 42.1 Å². The molecule has 0 heterocycles. The fourth-order valence-electron chi connectivity index (χ4n) is 1.73. The fraction of sp³-hybridized carbons (Fsp3) is 0.125. The van der Waals surface area contributed by atoms with Crippen LogP contribution in [0.15, 0.2) is 71.1 Å². The van der Waals surface area contributed by atoms with Gasteiger partial charge in [-0.15, -0.1) is 9.91 Å². The van der Waals surface area contributed by atoms with Gasteiger partial charge < -0.3 is 28.7 Å². The number of nitrogens with two attached hydrogens (primary N) is 1. The van der Waals surface area contributed by atoms with Crippen molar-refractivity contribution in [1.82, 2.24) is 5.32 Å². The Morgan fingerprint density at radius 2 is 1.35 bits per heavy atom. The van der Waals surface area contributed by atoms with E-state index in [1.807, 2.05) is 60.7 Å². The zero-order valence-electron chi connectivity index (χ0n) is 19.5. The number of hydrogen-bond donors (Lipinski definition) is 2. The summed E-state index contributed by atoms with van der Waals surface area (Å²) < 4.78 is 4.53.